The number of benzene rings is 1. The lowest BCUT2D eigenvalue weighted by atomic mass is 9.88. The first kappa shape index (κ1) is 21.7. The van der Waals surface area contributed by atoms with Crippen molar-refractivity contribution in [2.75, 3.05) is 18.0 Å². The van der Waals surface area contributed by atoms with Gasteiger partial charge in [0.1, 0.15) is 28.4 Å². The highest BCUT2D eigenvalue weighted by molar-refractivity contribution is 6.24. The Hall–Kier alpha value is -3.59. The van der Waals surface area contributed by atoms with Crippen LogP contribution in [0, 0.1) is 17.7 Å². The molecule has 2 aliphatic carbocycles. The van der Waals surface area contributed by atoms with Crippen LogP contribution in [0.1, 0.15) is 47.8 Å². The number of rotatable bonds is 3. The van der Waals surface area contributed by atoms with E-state index in [1.165, 1.54) is 0 Å². The fraction of sp³-hybridized carbons (Fsp3) is 0.346. The van der Waals surface area contributed by atoms with Crippen molar-refractivity contribution >= 4 is 35.0 Å². The first-order valence-corrected chi connectivity index (χ1v) is 12.6. The van der Waals surface area contributed by atoms with Crippen molar-refractivity contribution in [3.05, 3.63) is 81.1 Å². The zero-order valence-electron chi connectivity index (χ0n) is 19.5. The summed E-state index contributed by atoms with van der Waals surface area (Å²) in [6.07, 6.45) is 7.28. The standard InChI is InChI=1S/C26H23ClFN7O/c1-2-26(15-5-3-4-6-17(15)28)14-9-10-35(12-16(14)26)19-11-29-23-21(33-34-24(23)31-19)13-7-8-18-22(20(13)27)32-25(36)30-18/h3-8,11,14,16,20H,2,9-10,12H2,1H3,(H2,30,32,36)/b21-13-/t14-,16+,20?,26-/m1/s1. The van der Waals surface area contributed by atoms with Gasteiger partial charge in [0.15, 0.2) is 0 Å². The maximum Gasteiger partial charge on any atom is 0.323 e. The number of hydrogen-bond acceptors (Lipinski definition) is 6. The number of anilines is 1. The van der Waals surface area contributed by atoms with Gasteiger partial charge in [0.25, 0.3) is 0 Å². The topological polar surface area (TPSA) is 102 Å². The van der Waals surface area contributed by atoms with Crippen LogP contribution in [-0.2, 0) is 5.41 Å². The minimum absolute atomic E-state index is 0.108. The molecule has 4 aliphatic rings. The van der Waals surface area contributed by atoms with Gasteiger partial charge in [0.2, 0.25) is 5.82 Å². The van der Waals surface area contributed by atoms with Crippen molar-refractivity contribution in [1.29, 1.82) is 0 Å². The molecule has 1 saturated heterocycles. The molecule has 0 amide bonds. The zero-order chi connectivity index (χ0) is 24.6. The molecule has 4 atom stereocenters. The zero-order valence-corrected chi connectivity index (χ0v) is 20.3. The number of nitrogens with one attached hydrogen (secondary N) is 2. The molecule has 182 valence electrons. The van der Waals surface area contributed by atoms with Crippen molar-refractivity contribution in [2.45, 2.75) is 30.6 Å². The number of alkyl halides is 1. The summed E-state index contributed by atoms with van der Waals surface area (Å²) in [6, 6.07) is 7.20. The van der Waals surface area contributed by atoms with Gasteiger partial charge in [-0.05, 0) is 42.4 Å². The summed E-state index contributed by atoms with van der Waals surface area (Å²) in [7, 11) is 0. The van der Waals surface area contributed by atoms with Crippen molar-refractivity contribution < 1.29 is 4.39 Å². The summed E-state index contributed by atoms with van der Waals surface area (Å²) in [5.74, 6) is 1.96. The molecular weight excluding hydrogens is 481 g/mol. The highest BCUT2D eigenvalue weighted by Gasteiger charge is 2.65. The lowest BCUT2D eigenvalue weighted by molar-refractivity contribution is 0.516. The van der Waals surface area contributed by atoms with E-state index in [9.17, 15) is 9.18 Å². The van der Waals surface area contributed by atoms with Crippen LogP contribution < -0.4 is 10.6 Å². The molecule has 0 spiro atoms. The minimum atomic E-state index is -0.584. The Labute approximate surface area is 211 Å². The first-order chi connectivity index (χ1) is 17.5. The van der Waals surface area contributed by atoms with Gasteiger partial charge in [0, 0.05) is 24.1 Å². The molecule has 7 rings (SSSR count). The first-order valence-electron chi connectivity index (χ1n) is 12.2. The van der Waals surface area contributed by atoms with E-state index >= 15 is 0 Å². The quantitative estimate of drug-likeness (QED) is 0.476. The largest absolute Gasteiger partial charge is 0.355 e. The van der Waals surface area contributed by atoms with Crippen LogP contribution in [0.2, 0.25) is 0 Å². The third-order valence-corrected chi connectivity index (χ3v) is 8.79. The molecule has 10 heteroatoms. The van der Waals surface area contributed by atoms with Gasteiger partial charge in [-0.15, -0.1) is 21.8 Å². The number of azo groups is 1. The van der Waals surface area contributed by atoms with Crippen molar-refractivity contribution in [1.82, 2.24) is 19.9 Å². The van der Waals surface area contributed by atoms with E-state index in [0.29, 0.717) is 46.0 Å². The smallest absolute Gasteiger partial charge is 0.323 e. The van der Waals surface area contributed by atoms with Crippen molar-refractivity contribution in [3.63, 3.8) is 0 Å². The van der Waals surface area contributed by atoms with Crippen LogP contribution in [0.4, 0.5) is 16.0 Å². The molecule has 2 aromatic heterocycles. The molecule has 1 saturated carbocycles. The molecule has 1 aromatic carbocycles. The molecule has 2 N–H and O–H groups in total. The lowest BCUT2D eigenvalue weighted by Gasteiger charge is -2.27. The molecule has 1 unspecified atom stereocenters. The van der Waals surface area contributed by atoms with Gasteiger partial charge >= 0.3 is 5.69 Å². The molecule has 36 heavy (non-hydrogen) atoms. The van der Waals surface area contributed by atoms with Crippen molar-refractivity contribution in [3.8, 4) is 0 Å². The van der Waals surface area contributed by atoms with Gasteiger partial charge in [-0.2, -0.15) is 0 Å². The predicted octanol–water partition coefficient (Wildman–Crippen LogP) is 5.25. The molecular formula is C26H23ClFN7O. The van der Waals surface area contributed by atoms with Crippen LogP contribution in [0.25, 0.3) is 11.8 Å². The van der Waals surface area contributed by atoms with E-state index < -0.39 is 5.38 Å². The highest BCUT2D eigenvalue weighted by atomic mass is 35.5. The molecule has 0 bridgehead atoms. The summed E-state index contributed by atoms with van der Waals surface area (Å²) in [5, 5.41) is 8.04. The predicted molar refractivity (Wildman–Crippen MR) is 135 cm³/mol. The third-order valence-electron chi connectivity index (χ3n) is 8.34. The maximum atomic E-state index is 14.7. The summed E-state index contributed by atoms with van der Waals surface area (Å²) in [4.78, 5) is 28.8. The average Bonchev–Trinajstić information content (AvgIpc) is 3.12. The summed E-state index contributed by atoms with van der Waals surface area (Å²) in [6.45, 7) is 3.81. The Bertz CT molecular complexity index is 1560. The molecule has 0 radical (unpaired) electrons. The van der Waals surface area contributed by atoms with Gasteiger partial charge in [-0.1, -0.05) is 31.2 Å². The fourth-order valence-electron chi connectivity index (χ4n) is 6.59. The molecule has 2 aliphatic heterocycles. The number of nitrogens with zero attached hydrogens (tertiary/aromatic N) is 5. The third kappa shape index (κ3) is 2.95. The number of imidazole rings is 1. The van der Waals surface area contributed by atoms with E-state index in [-0.39, 0.29) is 16.9 Å². The SMILES string of the molecule is CC[C@]1(c2ccccc2F)[C@@H]2CCN(c3cnc4c(n3)N=N/C4=C3/C=Cc4[nH]c(=O)[nH]c4C3Cl)C[C@@H]21. The highest BCUT2D eigenvalue weighted by Crippen LogP contribution is 2.65. The van der Waals surface area contributed by atoms with E-state index in [1.54, 1.807) is 24.4 Å². The second kappa shape index (κ2) is 7.70. The molecule has 8 nitrogen and oxygen atoms in total. The molecule has 3 aromatic rings. The number of fused-ring (bicyclic) bond motifs is 3. The number of hydrogen-bond donors (Lipinski definition) is 2. The van der Waals surface area contributed by atoms with Crippen LogP contribution in [-0.4, -0.2) is 33.0 Å². The Morgan fingerprint density at radius 2 is 2.06 bits per heavy atom. The Morgan fingerprint density at radius 3 is 2.89 bits per heavy atom. The van der Waals surface area contributed by atoms with Crippen LogP contribution in [0.15, 0.2) is 57.1 Å². The summed E-state index contributed by atoms with van der Waals surface area (Å²) >= 11 is 6.66. The monoisotopic (exact) mass is 503 g/mol. The minimum Gasteiger partial charge on any atom is -0.355 e. The van der Waals surface area contributed by atoms with Gasteiger partial charge in [0.05, 0.1) is 17.6 Å². The second-order valence-electron chi connectivity index (χ2n) is 9.83. The number of H-pyrrole nitrogens is 2. The van der Waals surface area contributed by atoms with E-state index in [2.05, 4.69) is 37.0 Å². The van der Waals surface area contributed by atoms with Crippen LogP contribution >= 0.6 is 11.6 Å². The number of aromatic nitrogens is 4. The van der Waals surface area contributed by atoms with Crippen LogP contribution in [0.5, 0.6) is 0 Å². The fourth-order valence-corrected chi connectivity index (χ4v) is 6.94. The van der Waals surface area contributed by atoms with E-state index in [4.69, 9.17) is 16.6 Å². The molecule has 2 fully saturated rings. The van der Waals surface area contributed by atoms with Crippen LogP contribution in [0.3, 0.4) is 0 Å². The average molecular weight is 504 g/mol. The van der Waals surface area contributed by atoms with Gasteiger partial charge < -0.3 is 14.9 Å². The Balaban J connectivity index is 1.17. The Morgan fingerprint density at radius 1 is 1.19 bits per heavy atom. The van der Waals surface area contributed by atoms with Gasteiger partial charge in [-0.25, -0.2) is 19.2 Å². The number of aromatic amines is 2. The second-order valence-corrected chi connectivity index (χ2v) is 10.3. The van der Waals surface area contributed by atoms with E-state index in [0.717, 1.165) is 37.3 Å². The number of halogens is 2. The number of allylic oxidation sites excluding steroid dienone is 2. The summed E-state index contributed by atoms with van der Waals surface area (Å²) < 4.78 is 14.7. The van der Waals surface area contributed by atoms with E-state index in [1.807, 2.05) is 18.2 Å². The lowest BCUT2D eigenvalue weighted by Crippen LogP contribution is -2.32. The normalized spacial score (nSPS) is 29.8. The Kier molecular flexibility index (Phi) is 4.64. The maximum absolute atomic E-state index is 14.7. The van der Waals surface area contributed by atoms with Crippen molar-refractivity contribution in [2.24, 2.45) is 22.1 Å². The summed E-state index contributed by atoms with van der Waals surface area (Å²) in [5.41, 5.74) is 3.52. The van der Waals surface area contributed by atoms with Gasteiger partial charge in [-0.3, -0.25) is 0 Å². The number of piperidine rings is 1. The molecule has 4 heterocycles.